The fraction of sp³-hybridized carbons (Fsp3) is 1.00. The third kappa shape index (κ3) is 2.76. The summed E-state index contributed by atoms with van der Waals surface area (Å²) in [5.74, 6) is 0. The second-order valence-electron chi connectivity index (χ2n) is 2.07. The second-order valence-corrected chi connectivity index (χ2v) is 2.07. The first-order valence-corrected chi connectivity index (χ1v) is 2.76. The van der Waals surface area contributed by atoms with Crippen molar-refractivity contribution in [2.75, 3.05) is 19.8 Å². The lowest BCUT2D eigenvalue weighted by Crippen LogP contribution is -2.40. The van der Waals surface area contributed by atoms with Crippen LogP contribution in [0.3, 0.4) is 0 Å². The van der Waals surface area contributed by atoms with Crippen LogP contribution in [-0.4, -0.2) is 40.7 Å². The summed E-state index contributed by atoms with van der Waals surface area (Å²) in [6.07, 6.45) is 0.111. The molecule has 0 aromatic heterocycles. The molecule has 0 aromatic rings. The molecule has 0 unspecified atom stereocenters. The van der Waals surface area contributed by atoms with Crippen LogP contribution >= 0.6 is 0 Å². The van der Waals surface area contributed by atoms with E-state index >= 15 is 0 Å². The lowest BCUT2D eigenvalue weighted by molar-refractivity contribution is 0.0917. The van der Waals surface area contributed by atoms with Crippen LogP contribution < -0.4 is 5.73 Å². The lowest BCUT2D eigenvalue weighted by Gasteiger charge is -2.21. The molecule has 0 saturated carbocycles. The molecule has 9 heavy (non-hydrogen) atoms. The fourth-order valence-corrected chi connectivity index (χ4v) is 0.422. The molecule has 55 valence electrons. The van der Waals surface area contributed by atoms with E-state index in [1.54, 1.807) is 0 Å². The van der Waals surface area contributed by atoms with Crippen molar-refractivity contribution in [1.82, 2.24) is 5.73 Å². The van der Waals surface area contributed by atoms with Crippen LogP contribution in [0.25, 0.3) is 0 Å². The molecule has 0 fully saturated rings. The van der Waals surface area contributed by atoms with Gasteiger partial charge in [-0.25, -0.2) is 5.73 Å². The summed E-state index contributed by atoms with van der Waals surface area (Å²) in [6.45, 7) is -1.00. The Morgan fingerprint density at radius 2 is 1.56 bits per heavy atom. The highest BCUT2D eigenvalue weighted by Gasteiger charge is 2.22. The molecular formula is C5H12NO3. The SMILES string of the molecule is [NH]C(CO)(CO)CCO. The molecule has 1 radical (unpaired) electrons. The van der Waals surface area contributed by atoms with Crippen LogP contribution in [0.4, 0.5) is 0 Å². The summed E-state index contributed by atoms with van der Waals surface area (Å²) >= 11 is 0. The normalized spacial score (nSPS) is 12.0. The summed E-state index contributed by atoms with van der Waals surface area (Å²) in [4.78, 5) is 0. The number of aliphatic hydroxyl groups excluding tert-OH is 3. The zero-order chi connectivity index (χ0) is 7.33. The molecule has 4 N–H and O–H groups in total. The minimum absolute atomic E-state index is 0.111. The van der Waals surface area contributed by atoms with Crippen LogP contribution in [0.15, 0.2) is 0 Å². The maximum absolute atomic E-state index is 8.46. The van der Waals surface area contributed by atoms with Gasteiger partial charge in [0.25, 0.3) is 0 Å². The predicted octanol–water partition coefficient (Wildman–Crippen LogP) is -1.62. The summed E-state index contributed by atoms with van der Waals surface area (Å²) in [7, 11) is 0. The van der Waals surface area contributed by atoms with Crippen molar-refractivity contribution in [2.45, 2.75) is 12.0 Å². The standard InChI is InChI=1S/C5H12NO3/c6-5(3-8,4-9)1-2-7/h6-9H,1-4H2. The minimum atomic E-state index is -1.26. The van der Waals surface area contributed by atoms with Gasteiger partial charge in [0.2, 0.25) is 0 Å². The molecule has 4 nitrogen and oxygen atoms in total. The van der Waals surface area contributed by atoms with Gasteiger partial charge in [0.05, 0.1) is 18.8 Å². The van der Waals surface area contributed by atoms with E-state index in [0.29, 0.717) is 0 Å². The zero-order valence-electron chi connectivity index (χ0n) is 5.17. The van der Waals surface area contributed by atoms with Crippen molar-refractivity contribution < 1.29 is 15.3 Å². The molecule has 0 saturated heterocycles. The first kappa shape index (κ1) is 8.84. The summed E-state index contributed by atoms with van der Waals surface area (Å²) < 4.78 is 0. The monoisotopic (exact) mass is 134 g/mol. The maximum Gasteiger partial charge on any atom is 0.0805 e. The highest BCUT2D eigenvalue weighted by molar-refractivity contribution is 4.80. The molecule has 0 aliphatic rings. The van der Waals surface area contributed by atoms with Crippen molar-refractivity contribution in [3.63, 3.8) is 0 Å². The van der Waals surface area contributed by atoms with E-state index in [2.05, 4.69) is 0 Å². The van der Waals surface area contributed by atoms with Gasteiger partial charge >= 0.3 is 0 Å². The molecular weight excluding hydrogens is 122 g/mol. The Balaban J connectivity index is 3.62. The molecule has 0 aliphatic heterocycles. The number of rotatable bonds is 4. The number of nitrogens with one attached hydrogen (secondary N) is 1. The third-order valence-corrected chi connectivity index (χ3v) is 1.20. The third-order valence-electron chi connectivity index (χ3n) is 1.20. The molecule has 0 aromatic carbocycles. The summed E-state index contributed by atoms with van der Waals surface area (Å²) in [6, 6.07) is 0. The Bertz CT molecular complexity index is 72.6. The largest absolute Gasteiger partial charge is 0.396 e. The van der Waals surface area contributed by atoms with E-state index < -0.39 is 18.8 Å². The molecule has 0 amide bonds. The number of hydrogen-bond acceptors (Lipinski definition) is 3. The lowest BCUT2D eigenvalue weighted by atomic mass is 10.00. The van der Waals surface area contributed by atoms with Gasteiger partial charge in [-0.3, -0.25) is 0 Å². The molecule has 0 rings (SSSR count). The van der Waals surface area contributed by atoms with Crippen molar-refractivity contribution in [2.24, 2.45) is 0 Å². The Hall–Kier alpha value is -0.160. The van der Waals surface area contributed by atoms with E-state index in [-0.39, 0.29) is 13.0 Å². The molecule has 4 heteroatoms. The van der Waals surface area contributed by atoms with E-state index in [4.69, 9.17) is 21.1 Å². The summed E-state index contributed by atoms with van der Waals surface area (Å²) in [5, 5.41) is 25.2. The van der Waals surface area contributed by atoms with Gasteiger partial charge in [0.15, 0.2) is 0 Å². The Labute approximate surface area is 53.9 Å². The van der Waals surface area contributed by atoms with Gasteiger partial charge < -0.3 is 15.3 Å². The van der Waals surface area contributed by atoms with Crippen molar-refractivity contribution >= 4 is 0 Å². The van der Waals surface area contributed by atoms with Crippen LogP contribution in [0.1, 0.15) is 6.42 Å². The minimum Gasteiger partial charge on any atom is -0.396 e. The first-order valence-electron chi connectivity index (χ1n) is 2.76. The zero-order valence-corrected chi connectivity index (χ0v) is 5.17. The van der Waals surface area contributed by atoms with Crippen LogP contribution in [0, 0.1) is 0 Å². The highest BCUT2D eigenvalue weighted by Crippen LogP contribution is 2.04. The van der Waals surface area contributed by atoms with Crippen LogP contribution in [-0.2, 0) is 0 Å². The van der Waals surface area contributed by atoms with Crippen molar-refractivity contribution in [1.29, 1.82) is 0 Å². The second kappa shape index (κ2) is 3.79. The van der Waals surface area contributed by atoms with Crippen LogP contribution in [0.2, 0.25) is 0 Å². The molecule has 0 atom stereocenters. The van der Waals surface area contributed by atoms with Crippen molar-refractivity contribution in [3.8, 4) is 0 Å². The van der Waals surface area contributed by atoms with Gasteiger partial charge in [-0.15, -0.1) is 0 Å². The maximum atomic E-state index is 8.46. The average molecular weight is 134 g/mol. The van der Waals surface area contributed by atoms with Gasteiger partial charge in [0, 0.05) is 6.61 Å². The van der Waals surface area contributed by atoms with Crippen molar-refractivity contribution in [3.05, 3.63) is 0 Å². The van der Waals surface area contributed by atoms with Crippen LogP contribution in [0.5, 0.6) is 0 Å². The Morgan fingerprint density at radius 3 is 1.67 bits per heavy atom. The topological polar surface area (TPSA) is 84.5 Å². The number of hydrogen-bond donors (Lipinski definition) is 3. The van der Waals surface area contributed by atoms with Gasteiger partial charge in [-0.05, 0) is 6.42 Å². The average Bonchev–Trinajstić information content (AvgIpc) is 1.89. The number of aliphatic hydroxyl groups is 3. The predicted molar refractivity (Wildman–Crippen MR) is 31.7 cm³/mol. The molecule has 0 heterocycles. The van der Waals surface area contributed by atoms with E-state index in [1.165, 1.54) is 0 Å². The van der Waals surface area contributed by atoms with E-state index in [9.17, 15) is 0 Å². The van der Waals surface area contributed by atoms with Gasteiger partial charge in [-0.1, -0.05) is 0 Å². The summed E-state index contributed by atoms with van der Waals surface area (Å²) in [5.41, 5.74) is 5.90. The van der Waals surface area contributed by atoms with Gasteiger partial charge in [0.1, 0.15) is 0 Å². The van der Waals surface area contributed by atoms with E-state index in [1.807, 2.05) is 0 Å². The molecule has 0 spiro atoms. The quantitative estimate of drug-likeness (QED) is 0.432. The van der Waals surface area contributed by atoms with Gasteiger partial charge in [-0.2, -0.15) is 0 Å². The first-order chi connectivity index (χ1) is 4.18. The highest BCUT2D eigenvalue weighted by atomic mass is 16.3. The molecule has 0 aliphatic carbocycles. The smallest absolute Gasteiger partial charge is 0.0805 e. The Morgan fingerprint density at radius 1 is 1.11 bits per heavy atom. The van der Waals surface area contributed by atoms with E-state index in [0.717, 1.165) is 0 Å². The Kier molecular flexibility index (Phi) is 3.72. The molecule has 0 bridgehead atoms. The fourth-order valence-electron chi connectivity index (χ4n) is 0.422.